The maximum atomic E-state index is 12.0. The van der Waals surface area contributed by atoms with Gasteiger partial charge in [-0.05, 0) is 12.1 Å². The van der Waals surface area contributed by atoms with Gasteiger partial charge in [0.05, 0.1) is 0 Å². The average Bonchev–Trinajstić information content (AvgIpc) is 2.91. The summed E-state index contributed by atoms with van der Waals surface area (Å²) < 4.78 is 10.7. The Labute approximate surface area is 141 Å². The Kier molecular flexibility index (Phi) is 3.68. The van der Waals surface area contributed by atoms with Crippen LogP contribution in [0.4, 0.5) is 5.82 Å². The zero-order valence-electron chi connectivity index (χ0n) is 11.8. The summed E-state index contributed by atoms with van der Waals surface area (Å²) in [6, 6.07) is 2.88. The normalized spacial score (nSPS) is 12.2. The summed E-state index contributed by atoms with van der Waals surface area (Å²) >= 11 is 3.23. The van der Waals surface area contributed by atoms with Crippen LogP contribution in [0.2, 0.25) is 0 Å². The Bertz CT molecular complexity index is 951. The summed E-state index contributed by atoms with van der Waals surface area (Å²) in [5, 5.41) is 18.8. The van der Waals surface area contributed by atoms with Gasteiger partial charge in [-0.25, -0.2) is 9.59 Å². The van der Waals surface area contributed by atoms with Gasteiger partial charge in [0.1, 0.15) is 16.9 Å². The molecule has 0 spiro atoms. The van der Waals surface area contributed by atoms with Crippen LogP contribution in [0.15, 0.2) is 21.4 Å². The number of halogens is 1. The second-order valence-electron chi connectivity index (χ2n) is 4.79. The summed E-state index contributed by atoms with van der Waals surface area (Å²) in [4.78, 5) is 37.2. The highest BCUT2D eigenvalue weighted by atomic mass is 79.9. The number of H-pyrrole nitrogens is 1. The lowest BCUT2D eigenvalue weighted by molar-refractivity contribution is 0.0695. The van der Waals surface area contributed by atoms with E-state index in [4.69, 9.17) is 15.2 Å². The number of nitrogens with two attached hydrogens (primary N) is 1. The van der Waals surface area contributed by atoms with Gasteiger partial charge >= 0.3 is 11.9 Å². The zero-order chi connectivity index (χ0) is 17.6. The molecule has 0 bridgehead atoms. The maximum Gasteiger partial charge on any atom is 0.342 e. The molecule has 1 aliphatic heterocycles. The molecule has 10 heteroatoms. The molecule has 2 aromatic rings. The van der Waals surface area contributed by atoms with Crippen molar-refractivity contribution in [2.75, 3.05) is 12.5 Å². The van der Waals surface area contributed by atoms with E-state index >= 15 is 0 Å². The highest BCUT2D eigenvalue weighted by Gasteiger charge is 2.29. The van der Waals surface area contributed by atoms with E-state index < -0.39 is 34.4 Å². The third-order valence-corrected chi connectivity index (χ3v) is 4.06. The molecule has 124 valence electrons. The molecule has 5 N–H and O–H groups in total. The predicted octanol–water partition coefficient (Wildman–Crippen LogP) is 1.51. The maximum absolute atomic E-state index is 12.0. The smallest absolute Gasteiger partial charge is 0.342 e. The molecule has 0 unspecified atom stereocenters. The van der Waals surface area contributed by atoms with Gasteiger partial charge in [-0.15, -0.1) is 0 Å². The number of aromatic nitrogens is 1. The standard InChI is InChI=1S/C14H9BrN2O7/c15-5-2-7-6(23-3-24-7)1-4(5)8-9(13(19)20)11(16)17-12(18)10(8)14(21)22/h1-2H,3H2,(H,19,20)(H,21,22)(H3,16,17,18). The Morgan fingerprint density at radius 1 is 1.12 bits per heavy atom. The molecular weight excluding hydrogens is 388 g/mol. The first-order valence-corrected chi connectivity index (χ1v) is 7.22. The van der Waals surface area contributed by atoms with Gasteiger partial charge < -0.3 is 30.4 Å². The van der Waals surface area contributed by atoms with E-state index in [0.717, 1.165) is 0 Å². The topological polar surface area (TPSA) is 152 Å². The van der Waals surface area contributed by atoms with Crippen LogP contribution >= 0.6 is 15.9 Å². The summed E-state index contributed by atoms with van der Waals surface area (Å²) in [6.45, 7) is -0.0275. The molecule has 0 saturated heterocycles. The highest BCUT2D eigenvalue weighted by Crippen LogP contribution is 2.43. The Morgan fingerprint density at radius 3 is 2.29 bits per heavy atom. The van der Waals surface area contributed by atoms with Crippen LogP contribution in [0.1, 0.15) is 20.7 Å². The van der Waals surface area contributed by atoms with E-state index in [1.807, 2.05) is 4.98 Å². The van der Waals surface area contributed by atoms with E-state index in [-0.39, 0.29) is 17.9 Å². The Balaban J connectivity index is 2.45. The molecule has 0 aliphatic carbocycles. The molecule has 1 aromatic heterocycles. The number of rotatable bonds is 3. The third kappa shape index (κ3) is 2.36. The number of fused-ring (bicyclic) bond motifs is 1. The number of pyridine rings is 1. The number of aromatic amines is 1. The van der Waals surface area contributed by atoms with Crippen molar-refractivity contribution < 1.29 is 29.3 Å². The lowest BCUT2D eigenvalue weighted by Gasteiger charge is -2.14. The van der Waals surface area contributed by atoms with Crippen molar-refractivity contribution in [1.82, 2.24) is 4.98 Å². The number of carboxylic acid groups (broad SMARTS) is 2. The van der Waals surface area contributed by atoms with Gasteiger partial charge in [0.2, 0.25) is 6.79 Å². The van der Waals surface area contributed by atoms with Crippen LogP contribution in [0.3, 0.4) is 0 Å². The number of nitrogens with one attached hydrogen (secondary N) is 1. The lowest BCUT2D eigenvalue weighted by Crippen LogP contribution is -2.24. The number of aromatic carboxylic acids is 2. The van der Waals surface area contributed by atoms with E-state index in [1.54, 1.807) is 0 Å². The number of hydrogen-bond acceptors (Lipinski definition) is 6. The third-order valence-electron chi connectivity index (χ3n) is 3.40. The number of carbonyl (C=O) groups is 2. The average molecular weight is 397 g/mol. The first-order valence-electron chi connectivity index (χ1n) is 6.43. The van der Waals surface area contributed by atoms with Crippen LogP contribution < -0.4 is 20.8 Å². The molecule has 9 nitrogen and oxygen atoms in total. The van der Waals surface area contributed by atoms with E-state index in [9.17, 15) is 24.6 Å². The first-order chi connectivity index (χ1) is 11.3. The molecule has 0 atom stereocenters. The van der Waals surface area contributed by atoms with E-state index in [1.165, 1.54) is 12.1 Å². The molecule has 0 saturated carbocycles. The first kappa shape index (κ1) is 15.9. The summed E-state index contributed by atoms with van der Waals surface area (Å²) in [5.74, 6) is -2.82. The van der Waals surface area contributed by atoms with Gasteiger partial charge in [0.15, 0.2) is 11.5 Å². The van der Waals surface area contributed by atoms with Gasteiger partial charge in [-0.1, -0.05) is 15.9 Å². The monoisotopic (exact) mass is 396 g/mol. The predicted molar refractivity (Wildman–Crippen MR) is 84.7 cm³/mol. The zero-order valence-corrected chi connectivity index (χ0v) is 13.3. The van der Waals surface area contributed by atoms with Crippen LogP contribution in [0, 0.1) is 0 Å². The summed E-state index contributed by atoms with van der Waals surface area (Å²) in [5.41, 5.74) is 3.14. The number of nitrogen functional groups attached to an aromatic ring is 1. The van der Waals surface area contributed by atoms with Gasteiger partial charge in [-0.3, -0.25) is 4.79 Å². The van der Waals surface area contributed by atoms with Gasteiger partial charge in [0.25, 0.3) is 5.56 Å². The molecule has 1 aromatic carbocycles. The number of benzene rings is 1. The van der Waals surface area contributed by atoms with Crippen molar-refractivity contribution in [2.45, 2.75) is 0 Å². The Hall–Kier alpha value is -3.01. The molecule has 2 heterocycles. The molecule has 1 aliphatic rings. The van der Waals surface area contributed by atoms with Crippen LogP contribution in [-0.4, -0.2) is 33.9 Å². The largest absolute Gasteiger partial charge is 0.478 e. The molecule has 24 heavy (non-hydrogen) atoms. The molecule has 0 radical (unpaired) electrons. The minimum Gasteiger partial charge on any atom is -0.478 e. The fraction of sp³-hybridized carbons (Fsp3) is 0.0714. The second-order valence-corrected chi connectivity index (χ2v) is 5.64. The molecule has 0 fully saturated rings. The van der Waals surface area contributed by atoms with Crippen LogP contribution in [0.5, 0.6) is 11.5 Å². The SMILES string of the molecule is Nc1[nH]c(=O)c(C(=O)O)c(-c2cc3c(cc2Br)OCO3)c1C(=O)O. The summed E-state index contributed by atoms with van der Waals surface area (Å²) in [6.07, 6.45) is 0. The molecule has 3 rings (SSSR count). The molecule has 0 amide bonds. The molecular formula is C14H9BrN2O7. The quantitative estimate of drug-likeness (QED) is 0.608. The number of carboxylic acids is 2. The van der Waals surface area contributed by atoms with Crippen molar-refractivity contribution in [3.8, 4) is 22.6 Å². The van der Waals surface area contributed by atoms with E-state index in [2.05, 4.69) is 15.9 Å². The van der Waals surface area contributed by atoms with Crippen LogP contribution in [-0.2, 0) is 0 Å². The van der Waals surface area contributed by atoms with Crippen LogP contribution in [0.25, 0.3) is 11.1 Å². The second kappa shape index (κ2) is 5.57. The minimum atomic E-state index is -1.58. The number of ether oxygens (including phenoxy) is 2. The Morgan fingerprint density at radius 2 is 1.71 bits per heavy atom. The van der Waals surface area contributed by atoms with Gasteiger partial charge in [-0.2, -0.15) is 0 Å². The van der Waals surface area contributed by atoms with Crippen molar-refractivity contribution in [3.63, 3.8) is 0 Å². The summed E-state index contributed by atoms with van der Waals surface area (Å²) in [7, 11) is 0. The fourth-order valence-corrected chi connectivity index (χ4v) is 2.95. The van der Waals surface area contributed by atoms with Gasteiger partial charge in [0, 0.05) is 15.6 Å². The fourth-order valence-electron chi connectivity index (χ4n) is 2.42. The van der Waals surface area contributed by atoms with Crippen molar-refractivity contribution in [2.24, 2.45) is 0 Å². The number of hydrogen-bond donors (Lipinski definition) is 4. The van der Waals surface area contributed by atoms with Crippen molar-refractivity contribution in [3.05, 3.63) is 38.1 Å². The van der Waals surface area contributed by atoms with Crippen molar-refractivity contribution in [1.29, 1.82) is 0 Å². The number of anilines is 1. The highest BCUT2D eigenvalue weighted by molar-refractivity contribution is 9.10. The lowest BCUT2D eigenvalue weighted by atomic mass is 9.95. The minimum absolute atomic E-state index is 0.0275. The van der Waals surface area contributed by atoms with Crippen molar-refractivity contribution >= 4 is 33.7 Å². The van der Waals surface area contributed by atoms with E-state index in [0.29, 0.717) is 16.0 Å².